The Kier molecular flexibility index (Phi) is 4.24. The van der Waals surface area contributed by atoms with Crippen molar-refractivity contribution in [2.24, 2.45) is 0 Å². The minimum atomic E-state index is -3.47. The highest BCUT2D eigenvalue weighted by atomic mass is 32.2. The highest BCUT2D eigenvalue weighted by molar-refractivity contribution is 7.89. The zero-order chi connectivity index (χ0) is 13.9. The molecule has 102 valence electrons. The highest BCUT2D eigenvalue weighted by Crippen LogP contribution is 2.18. The van der Waals surface area contributed by atoms with Gasteiger partial charge in [0.1, 0.15) is 5.75 Å². The van der Waals surface area contributed by atoms with Crippen LogP contribution in [0.15, 0.2) is 41.3 Å². The maximum Gasteiger partial charge on any atom is 0.240 e. The van der Waals surface area contributed by atoms with Crippen LogP contribution in [0, 0.1) is 6.92 Å². The van der Waals surface area contributed by atoms with Crippen LogP contribution in [0.2, 0.25) is 0 Å². The van der Waals surface area contributed by atoms with Gasteiger partial charge in [-0.05, 0) is 43.3 Å². The highest BCUT2D eigenvalue weighted by Gasteiger charge is 2.13. The summed E-state index contributed by atoms with van der Waals surface area (Å²) in [6.07, 6.45) is 0. The van der Waals surface area contributed by atoms with E-state index < -0.39 is 10.0 Å². The van der Waals surface area contributed by atoms with Crippen LogP contribution in [0.3, 0.4) is 0 Å². The average Bonchev–Trinajstić information content (AvgIpc) is 2.82. The summed E-state index contributed by atoms with van der Waals surface area (Å²) in [6, 6.07) is 10.2. The van der Waals surface area contributed by atoms with Gasteiger partial charge in [-0.25, -0.2) is 13.1 Å². The summed E-state index contributed by atoms with van der Waals surface area (Å²) < 4.78 is 31.7. The molecule has 0 radical (unpaired) electrons. The number of thiophene rings is 1. The predicted octanol–water partition coefficient (Wildman–Crippen LogP) is 2.54. The van der Waals surface area contributed by atoms with E-state index in [0.717, 1.165) is 4.88 Å². The monoisotopic (exact) mass is 297 g/mol. The number of nitrogens with one attached hydrogen (secondary N) is 1. The third kappa shape index (κ3) is 3.56. The van der Waals surface area contributed by atoms with E-state index >= 15 is 0 Å². The minimum Gasteiger partial charge on any atom is -0.497 e. The van der Waals surface area contributed by atoms with E-state index in [1.54, 1.807) is 30.6 Å². The summed E-state index contributed by atoms with van der Waals surface area (Å²) in [5.41, 5.74) is 0. The second-order valence-electron chi connectivity index (χ2n) is 4.01. The second kappa shape index (κ2) is 5.73. The van der Waals surface area contributed by atoms with Gasteiger partial charge in [0.2, 0.25) is 10.0 Å². The van der Waals surface area contributed by atoms with Crippen molar-refractivity contribution in [2.75, 3.05) is 7.11 Å². The van der Waals surface area contributed by atoms with Crippen molar-refractivity contribution in [1.29, 1.82) is 0 Å². The third-order valence-corrected chi connectivity index (χ3v) is 5.02. The van der Waals surface area contributed by atoms with E-state index in [0.29, 0.717) is 12.3 Å². The standard InChI is InChI=1S/C13H15NO3S2/c1-10-3-6-12(18-10)9-14-19(15,16)13-7-4-11(17-2)5-8-13/h3-8,14H,9H2,1-2H3. The first kappa shape index (κ1) is 14.0. The fourth-order valence-electron chi connectivity index (χ4n) is 1.58. The van der Waals surface area contributed by atoms with Crippen molar-refractivity contribution in [3.63, 3.8) is 0 Å². The number of hydrogen-bond acceptors (Lipinski definition) is 4. The van der Waals surface area contributed by atoms with E-state index in [9.17, 15) is 8.42 Å². The van der Waals surface area contributed by atoms with Crippen molar-refractivity contribution >= 4 is 21.4 Å². The molecule has 0 spiro atoms. The molecule has 2 rings (SSSR count). The minimum absolute atomic E-state index is 0.238. The largest absolute Gasteiger partial charge is 0.497 e. The van der Waals surface area contributed by atoms with Gasteiger partial charge in [-0.15, -0.1) is 11.3 Å². The Morgan fingerprint density at radius 3 is 2.37 bits per heavy atom. The molecule has 2 aromatic rings. The molecule has 6 heteroatoms. The molecule has 0 amide bonds. The summed E-state index contributed by atoms with van der Waals surface area (Å²) in [5.74, 6) is 0.632. The van der Waals surface area contributed by atoms with E-state index in [-0.39, 0.29) is 4.90 Å². The number of hydrogen-bond donors (Lipinski definition) is 1. The predicted molar refractivity (Wildman–Crippen MR) is 76.1 cm³/mol. The van der Waals surface area contributed by atoms with Crippen LogP contribution in [0.25, 0.3) is 0 Å². The van der Waals surface area contributed by atoms with Crippen molar-refractivity contribution in [3.8, 4) is 5.75 Å². The fraction of sp³-hybridized carbons (Fsp3) is 0.231. The molecule has 0 atom stereocenters. The zero-order valence-electron chi connectivity index (χ0n) is 10.7. The lowest BCUT2D eigenvalue weighted by Gasteiger charge is -2.06. The molecule has 0 bridgehead atoms. The van der Waals surface area contributed by atoms with Gasteiger partial charge in [-0.3, -0.25) is 0 Å². The summed E-state index contributed by atoms with van der Waals surface area (Å²) in [5, 5.41) is 0. The van der Waals surface area contributed by atoms with Crippen LogP contribution in [0.5, 0.6) is 5.75 Å². The molecule has 1 N–H and O–H groups in total. The molecular weight excluding hydrogens is 282 g/mol. The van der Waals surface area contributed by atoms with Gasteiger partial charge in [-0.2, -0.15) is 0 Å². The second-order valence-corrected chi connectivity index (χ2v) is 7.15. The first-order chi connectivity index (χ1) is 9.01. The lowest BCUT2D eigenvalue weighted by Crippen LogP contribution is -2.22. The Bertz CT molecular complexity index is 645. The van der Waals surface area contributed by atoms with Gasteiger partial charge in [0.25, 0.3) is 0 Å². The molecule has 4 nitrogen and oxygen atoms in total. The molecule has 0 saturated heterocycles. The number of aryl methyl sites for hydroxylation is 1. The maximum absolute atomic E-state index is 12.1. The van der Waals surface area contributed by atoms with E-state index in [1.807, 2.05) is 19.1 Å². The quantitative estimate of drug-likeness (QED) is 0.922. The lowest BCUT2D eigenvalue weighted by atomic mass is 10.3. The number of rotatable bonds is 5. The topological polar surface area (TPSA) is 55.4 Å². The van der Waals surface area contributed by atoms with Crippen LogP contribution in [0.4, 0.5) is 0 Å². The number of sulfonamides is 1. The molecule has 0 aliphatic heterocycles. The molecule has 1 aromatic heterocycles. The van der Waals surface area contributed by atoms with Gasteiger partial charge < -0.3 is 4.74 Å². The van der Waals surface area contributed by atoms with Gasteiger partial charge in [0.15, 0.2) is 0 Å². The number of methoxy groups -OCH3 is 1. The molecular formula is C13H15NO3S2. The van der Waals surface area contributed by atoms with Crippen molar-refractivity contribution in [3.05, 3.63) is 46.2 Å². The van der Waals surface area contributed by atoms with Crippen LogP contribution < -0.4 is 9.46 Å². The first-order valence-corrected chi connectivity index (χ1v) is 8.00. The number of benzene rings is 1. The summed E-state index contributed by atoms with van der Waals surface area (Å²) in [4.78, 5) is 2.40. The Hall–Kier alpha value is -1.37. The molecule has 1 heterocycles. The van der Waals surface area contributed by atoms with Crippen LogP contribution in [-0.2, 0) is 16.6 Å². The third-order valence-electron chi connectivity index (χ3n) is 2.60. The maximum atomic E-state index is 12.1. The Morgan fingerprint density at radius 2 is 1.84 bits per heavy atom. The van der Waals surface area contributed by atoms with Crippen molar-refractivity contribution in [2.45, 2.75) is 18.4 Å². The van der Waals surface area contributed by atoms with Crippen molar-refractivity contribution < 1.29 is 13.2 Å². The van der Waals surface area contributed by atoms with Gasteiger partial charge >= 0.3 is 0 Å². The van der Waals surface area contributed by atoms with E-state index in [4.69, 9.17) is 4.74 Å². The van der Waals surface area contributed by atoms with Gasteiger partial charge in [0, 0.05) is 16.3 Å². The molecule has 19 heavy (non-hydrogen) atoms. The smallest absolute Gasteiger partial charge is 0.240 e. The molecule has 0 unspecified atom stereocenters. The molecule has 0 fully saturated rings. The normalized spacial score (nSPS) is 11.5. The SMILES string of the molecule is COc1ccc(S(=O)(=O)NCc2ccc(C)s2)cc1. The average molecular weight is 297 g/mol. The summed E-state index contributed by atoms with van der Waals surface area (Å²) in [6.45, 7) is 2.30. The van der Waals surface area contributed by atoms with Crippen molar-refractivity contribution in [1.82, 2.24) is 4.72 Å². The summed E-state index contributed by atoms with van der Waals surface area (Å²) in [7, 11) is -1.93. The van der Waals surface area contributed by atoms with Crippen LogP contribution in [-0.4, -0.2) is 15.5 Å². The van der Waals surface area contributed by atoms with Crippen LogP contribution >= 0.6 is 11.3 Å². The van der Waals surface area contributed by atoms with Gasteiger partial charge in [-0.1, -0.05) is 0 Å². The Balaban J connectivity index is 2.09. The Morgan fingerprint density at radius 1 is 1.16 bits per heavy atom. The lowest BCUT2D eigenvalue weighted by molar-refractivity contribution is 0.414. The Labute approximate surface area is 117 Å². The molecule has 0 aliphatic carbocycles. The first-order valence-electron chi connectivity index (χ1n) is 5.70. The fourth-order valence-corrected chi connectivity index (χ4v) is 3.51. The molecule has 1 aromatic carbocycles. The van der Waals surface area contributed by atoms with E-state index in [2.05, 4.69) is 4.72 Å². The summed E-state index contributed by atoms with van der Waals surface area (Å²) >= 11 is 1.58. The van der Waals surface area contributed by atoms with Crippen LogP contribution in [0.1, 0.15) is 9.75 Å². The zero-order valence-corrected chi connectivity index (χ0v) is 12.3. The molecule has 0 saturated carbocycles. The molecule has 0 aliphatic rings. The number of ether oxygens (including phenoxy) is 1. The van der Waals surface area contributed by atoms with Gasteiger partial charge in [0.05, 0.1) is 12.0 Å². The van der Waals surface area contributed by atoms with E-state index in [1.165, 1.54) is 17.0 Å².